The fraction of sp³-hybridized carbons (Fsp3) is 0.579. The molecule has 2 aromatic rings. The molecular formula is C19H29N3. The summed E-state index contributed by atoms with van der Waals surface area (Å²) in [4.78, 5) is 2.56. The van der Waals surface area contributed by atoms with Gasteiger partial charge in [-0.2, -0.15) is 0 Å². The van der Waals surface area contributed by atoms with Crippen molar-refractivity contribution in [3.63, 3.8) is 0 Å². The zero-order chi connectivity index (χ0) is 16.1. The summed E-state index contributed by atoms with van der Waals surface area (Å²) in [6.45, 7) is 12.0. The zero-order valence-electron chi connectivity index (χ0n) is 14.7. The summed E-state index contributed by atoms with van der Waals surface area (Å²) in [6, 6.07) is 4.85. The van der Waals surface area contributed by atoms with Crippen LogP contribution in [0.25, 0.3) is 10.9 Å². The highest BCUT2D eigenvalue weighted by atomic mass is 15.2. The Bertz CT molecular complexity index is 704. The maximum atomic E-state index is 5.72. The summed E-state index contributed by atoms with van der Waals surface area (Å²) in [5.41, 5.74) is 13.2. The highest BCUT2D eigenvalue weighted by molar-refractivity contribution is 5.87. The van der Waals surface area contributed by atoms with Gasteiger partial charge >= 0.3 is 0 Å². The van der Waals surface area contributed by atoms with Gasteiger partial charge in [0, 0.05) is 42.3 Å². The molecule has 22 heavy (non-hydrogen) atoms. The van der Waals surface area contributed by atoms with E-state index in [9.17, 15) is 0 Å². The van der Waals surface area contributed by atoms with Crippen LogP contribution >= 0.6 is 0 Å². The lowest BCUT2D eigenvalue weighted by Gasteiger charge is -2.31. The van der Waals surface area contributed by atoms with Gasteiger partial charge in [-0.25, -0.2) is 0 Å². The van der Waals surface area contributed by atoms with Gasteiger partial charge in [0.1, 0.15) is 0 Å². The summed E-state index contributed by atoms with van der Waals surface area (Å²) >= 11 is 0. The van der Waals surface area contributed by atoms with Crippen LogP contribution in [0.5, 0.6) is 0 Å². The van der Waals surface area contributed by atoms with Gasteiger partial charge in [-0.3, -0.25) is 4.90 Å². The van der Waals surface area contributed by atoms with Gasteiger partial charge < -0.3 is 10.3 Å². The summed E-state index contributed by atoms with van der Waals surface area (Å²) in [6.07, 6.45) is 2.15. The number of rotatable bonds is 3. The Morgan fingerprint density at radius 3 is 2.36 bits per heavy atom. The second-order valence-electron chi connectivity index (χ2n) is 7.68. The Hall–Kier alpha value is -1.32. The first-order valence-electron chi connectivity index (χ1n) is 8.37. The number of hydrogen-bond acceptors (Lipinski definition) is 2. The van der Waals surface area contributed by atoms with Crippen LogP contribution in [-0.4, -0.2) is 21.6 Å². The third-order valence-corrected chi connectivity index (χ3v) is 5.25. The lowest BCUT2D eigenvalue weighted by atomic mass is 10.0. The minimum Gasteiger partial charge on any atom is -0.348 e. The SMILES string of the molecule is Cc1c(CCCN)c2cc3c(cc2n1C)CN(C(C)(C)C)C3. The highest BCUT2D eigenvalue weighted by Crippen LogP contribution is 2.35. The maximum Gasteiger partial charge on any atom is 0.0486 e. The van der Waals surface area contributed by atoms with Crippen LogP contribution in [0.4, 0.5) is 0 Å². The molecule has 0 atom stereocenters. The molecule has 0 fully saturated rings. The molecule has 0 unspecified atom stereocenters. The first kappa shape index (κ1) is 15.6. The monoisotopic (exact) mass is 299 g/mol. The quantitative estimate of drug-likeness (QED) is 0.941. The van der Waals surface area contributed by atoms with Crippen LogP contribution in [0.2, 0.25) is 0 Å². The molecule has 120 valence electrons. The fourth-order valence-corrected chi connectivity index (χ4v) is 3.60. The van der Waals surface area contributed by atoms with Crippen LogP contribution in [0.3, 0.4) is 0 Å². The molecule has 1 aromatic heterocycles. The second-order valence-corrected chi connectivity index (χ2v) is 7.68. The Labute approximate surface area is 134 Å². The number of nitrogens with two attached hydrogens (primary N) is 1. The van der Waals surface area contributed by atoms with Crippen molar-refractivity contribution in [3.8, 4) is 0 Å². The van der Waals surface area contributed by atoms with E-state index < -0.39 is 0 Å². The van der Waals surface area contributed by atoms with Crippen LogP contribution in [0.15, 0.2) is 12.1 Å². The first-order chi connectivity index (χ1) is 10.3. The van der Waals surface area contributed by atoms with Gasteiger partial charge in [-0.1, -0.05) is 0 Å². The largest absolute Gasteiger partial charge is 0.348 e. The first-order valence-corrected chi connectivity index (χ1v) is 8.37. The summed E-state index contributed by atoms with van der Waals surface area (Å²) in [7, 11) is 2.19. The minimum absolute atomic E-state index is 0.226. The molecular weight excluding hydrogens is 270 g/mol. The molecule has 3 rings (SSSR count). The second kappa shape index (κ2) is 5.39. The standard InChI is InChI=1S/C19H29N3/c1-13-16(7-6-8-20)17-9-14-11-22(19(2,3)4)12-15(14)10-18(17)21(13)5/h9-10H,6-8,11-12,20H2,1-5H3. The summed E-state index contributed by atoms with van der Waals surface area (Å²) in [5, 5.41) is 1.43. The van der Waals surface area contributed by atoms with Crippen molar-refractivity contribution in [2.75, 3.05) is 6.54 Å². The van der Waals surface area contributed by atoms with Gasteiger partial charge in [-0.05, 0) is 75.9 Å². The van der Waals surface area contributed by atoms with E-state index in [-0.39, 0.29) is 5.54 Å². The van der Waals surface area contributed by atoms with Crippen molar-refractivity contribution < 1.29 is 0 Å². The number of hydrogen-bond donors (Lipinski definition) is 1. The topological polar surface area (TPSA) is 34.2 Å². The van der Waals surface area contributed by atoms with E-state index in [1.807, 2.05) is 0 Å². The number of fused-ring (bicyclic) bond motifs is 2. The Morgan fingerprint density at radius 2 is 1.77 bits per heavy atom. The molecule has 3 nitrogen and oxygen atoms in total. The number of aryl methyl sites for hydroxylation is 2. The van der Waals surface area contributed by atoms with Crippen molar-refractivity contribution in [2.45, 2.75) is 59.2 Å². The number of aromatic nitrogens is 1. The molecule has 0 saturated heterocycles. The van der Waals surface area contributed by atoms with E-state index in [0.29, 0.717) is 0 Å². The predicted octanol–water partition coefficient (Wildman–Crippen LogP) is 3.49. The third-order valence-electron chi connectivity index (χ3n) is 5.25. The lowest BCUT2D eigenvalue weighted by molar-refractivity contribution is 0.136. The molecule has 3 heteroatoms. The molecule has 0 aliphatic carbocycles. The van der Waals surface area contributed by atoms with Crippen molar-refractivity contribution >= 4 is 10.9 Å². The molecule has 0 bridgehead atoms. The molecule has 0 radical (unpaired) electrons. The zero-order valence-corrected chi connectivity index (χ0v) is 14.7. The van der Waals surface area contributed by atoms with Crippen molar-refractivity contribution in [3.05, 3.63) is 34.5 Å². The Morgan fingerprint density at radius 1 is 1.14 bits per heavy atom. The van der Waals surface area contributed by atoms with Gasteiger partial charge in [0.15, 0.2) is 0 Å². The van der Waals surface area contributed by atoms with E-state index >= 15 is 0 Å². The lowest BCUT2D eigenvalue weighted by Crippen LogP contribution is -2.36. The van der Waals surface area contributed by atoms with E-state index in [0.717, 1.165) is 32.5 Å². The van der Waals surface area contributed by atoms with Crippen LogP contribution in [0, 0.1) is 6.92 Å². The molecule has 0 spiro atoms. The summed E-state index contributed by atoms with van der Waals surface area (Å²) < 4.78 is 2.35. The third kappa shape index (κ3) is 2.46. The number of benzene rings is 1. The van der Waals surface area contributed by atoms with Gasteiger partial charge in [-0.15, -0.1) is 0 Å². The Kier molecular flexibility index (Phi) is 3.82. The minimum atomic E-state index is 0.226. The van der Waals surface area contributed by atoms with Crippen LogP contribution < -0.4 is 5.73 Å². The fourth-order valence-electron chi connectivity index (χ4n) is 3.60. The van der Waals surface area contributed by atoms with Gasteiger partial charge in [0.05, 0.1) is 0 Å². The average molecular weight is 299 g/mol. The molecule has 0 amide bonds. The normalized spacial score (nSPS) is 15.7. The van der Waals surface area contributed by atoms with Gasteiger partial charge in [0.2, 0.25) is 0 Å². The highest BCUT2D eigenvalue weighted by Gasteiger charge is 2.29. The molecule has 1 aliphatic heterocycles. The molecule has 1 aliphatic rings. The number of nitrogens with zero attached hydrogens (tertiary/aromatic N) is 2. The van der Waals surface area contributed by atoms with Gasteiger partial charge in [0.25, 0.3) is 0 Å². The average Bonchev–Trinajstić information content (AvgIpc) is 2.96. The van der Waals surface area contributed by atoms with Crippen LogP contribution in [-0.2, 0) is 26.6 Å². The molecule has 2 heterocycles. The molecule has 1 aromatic carbocycles. The molecule has 2 N–H and O–H groups in total. The van der Waals surface area contributed by atoms with E-state index in [4.69, 9.17) is 5.73 Å². The van der Waals surface area contributed by atoms with E-state index in [1.54, 1.807) is 0 Å². The van der Waals surface area contributed by atoms with Crippen LogP contribution in [0.1, 0.15) is 49.6 Å². The van der Waals surface area contributed by atoms with Crippen molar-refractivity contribution in [1.29, 1.82) is 0 Å². The molecule has 0 saturated carbocycles. The predicted molar refractivity (Wildman–Crippen MR) is 94.0 cm³/mol. The van der Waals surface area contributed by atoms with Crippen molar-refractivity contribution in [2.24, 2.45) is 12.8 Å². The maximum absolute atomic E-state index is 5.72. The Balaban J connectivity index is 2.06. The van der Waals surface area contributed by atoms with E-state index in [2.05, 4.69) is 56.3 Å². The van der Waals surface area contributed by atoms with E-state index in [1.165, 1.54) is 33.3 Å². The smallest absolute Gasteiger partial charge is 0.0486 e. The summed E-state index contributed by atoms with van der Waals surface area (Å²) in [5.74, 6) is 0. The van der Waals surface area contributed by atoms with Crippen molar-refractivity contribution in [1.82, 2.24) is 9.47 Å².